The normalized spacial score (nSPS) is 13.2. The molecular weight excluding hydrogens is 335 g/mol. The average molecular weight is 350 g/mol. The third kappa shape index (κ3) is 3.66. The number of hydrogen-bond donors (Lipinski definition) is 1. The second kappa shape index (κ2) is 6.23. The zero-order valence-electron chi connectivity index (χ0n) is 12.6. The lowest BCUT2D eigenvalue weighted by Crippen LogP contribution is -2.31. The van der Waals surface area contributed by atoms with Crippen LogP contribution in [0, 0.1) is 6.92 Å². The molecule has 6 nitrogen and oxygen atoms in total. The molecule has 0 aliphatic carbocycles. The first-order chi connectivity index (χ1) is 10.6. The third-order valence-electron chi connectivity index (χ3n) is 3.32. The number of aryl methyl sites for hydroxylation is 1. The van der Waals surface area contributed by atoms with E-state index < -0.39 is 28.8 Å². The first-order valence-corrected chi connectivity index (χ1v) is 7.06. The number of carbonyl (C=O) groups is 1. The van der Waals surface area contributed by atoms with Crippen molar-refractivity contribution in [1.82, 2.24) is 24.9 Å². The Labute approximate surface area is 135 Å². The molecule has 126 valence electrons. The molecule has 0 saturated carbocycles. The highest BCUT2D eigenvalue weighted by Crippen LogP contribution is 2.36. The maximum atomic E-state index is 12.8. The van der Waals surface area contributed by atoms with Crippen LogP contribution in [0.2, 0.25) is 5.02 Å². The Kier molecular flexibility index (Phi) is 4.69. The Morgan fingerprint density at radius 1 is 1.48 bits per heavy atom. The lowest BCUT2D eigenvalue weighted by molar-refractivity contribution is -0.141. The highest BCUT2D eigenvalue weighted by Gasteiger charge is 2.39. The van der Waals surface area contributed by atoms with Gasteiger partial charge >= 0.3 is 6.18 Å². The molecule has 0 aromatic carbocycles. The number of halogens is 4. The van der Waals surface area contributed by atoms with Crippen LogP contribution in [0.25, 0.3) is 0 Å². The number of nitrogens with one attached hydrogen (secondary N) is 1. The van der Waals surface area contributed by atoms with E-state index in [0.29, 0.717) is 0 Å². The Morgan fingerprint density at radius 2 is 2.13 bits per heavy atom. The summed E-state index contributed by atoms with van der Waals surface area (Å²) in [6.45, 7) is 3.06. The summed E-state index contributed by atoms with van der Waals surface area (Å²) >= 11 is 5.68. The van der Waals surface area contributed by atoms with Gasteiger partial charge in [-0.3, -0.25) is 14.2 Å². The fourth-order valence-corrected chi connectivity index (χ4v) is 2.30. The van der Waals surface area contributed by atoms with E-state index >= 15 is 0 Å². The van der Waals surface area contributed by atoms with Crippen molar-refractivity contribution in [3.05, 3.63) is 34.4 Å². The molecule has 0 spiro atoms. The number of alkyl halides is 3. The Bertz CT molecular complexity index is 722. The van der Waals surface area contributed by atoms with Crippen molar-refractivity contribution < 1.29 is 18.0 Å². The molecule has 2 aromatic rings. The topological polar surface area (TPSA) is 64.7 Å². The molecule has 1 amide bonds. The van der Waals surface area contributed by atoms with Crippen molar-refractivity contribution >= 4 is 17.5 Å². The van der Waals surface area contributed by atoms with E-state index in [0.717, 1.165) is 10.2 Å². The molecule has 0 fully saturated rings. The van der Waals surface area contributed by atoms with Crippen LogP contribution in [-0.4, -0.2) is 25.5 Å². The first kappa shape index (κ1) is 17.3. The summed E-state index contributed by atoms with van der Waals surface area (Å²) in [4.78, 5) is 12.1. The molecule has 0 aliphatic heterocycles. The third-order valence-corrected chi connectivity index (χ3v) is 3.77. The van der Waals surface area contributed by atoms with Gasteiger partial charge in [-0.05, 0) is 13.8 Å². The summed E-state index contributed by atoms with van der Waals surface area (Å²) in [5, 5.41) is 9.53. The number of rotatable bonds is 4. The Morgan fingerprint density at radius 3 is 2.61 bits per heavy atom. The molecule has 10 heteroatoms. The predicted octanol–water partition coefficient (Wildman–Crippen LogP) is 2.47. The second-order valence-corrected chi connectivity index (χ2v) is 5.48. The molecule has 1 atom stereocenters. The van der Waals surface area contributed by atoms with Crippen LogP contribution >= 0.6 is 11.6 Å². The SMILES string of the molecule is Cc1c(Cl)c(C(F)(F)F)nn1C(C)C(=O)NCc1cnn(C)c1. The quantitative estimate of drug-likeness (QED) is 0.922. The molecule has 2 heterocycles. The van der Waals surface area contributed by atoms with E-state index in [9.17, 15) is 18.0 Å². The number of hydrogen-bond acceptors (Lipinski definition) is 3. The Balaban J connectivity index is 2.13. The lowest BCUT2D eigenvalue weighted by atomic mass is 10.3. The van der Waals surface area contributed by atoms with Crippen LogP contribution in [0.5, 0.6) is 0 Å². The van der Waals surface area contributed by atoms with E-state index in [1.54, 1.807) is 24.1 Å². The van der Waals surface area contributed by atoms with Crippen molar-refractivity contribution in [3.63, 3.8) is 0 Å². The van der Waals surface area contributed by atoms with Crippen molar-refractivity contribution in [3.8, 4) is 0 Å². The molecule has 2 rings (SSSR count). The number of aromatic nitrogens is 4. The molecule has 1 unspecified atom stereocenters. The van der Waals surface area contributed by atoms with Crippen LogP contribution in [0.15, 0.2) is 12.4 Å². The van der Waals surface area contributed by atoms with Gasteiger partial charge in [-0.1, -0.05) is 11.6 Å². The zero-order chi connectivity index (χ0) is 17.4. The lowest BCUT2D eigenvalue weighted by Gasteiger charge is -2.14. The Hall–Kier alpha value is -2.03. The van der Waals surface area contributed by atoms with Gasteiger partial charge in [0.1, 0.15) is 6.04 Å². The van der Waals surface area contributed by atoms with Gasteiger partial charge < -0.3 is 5.32 Å². The van der Waals surface area contributed by atoms with Crippen LogP contribution < -0.4 is 5.32 Å². The van der Waals surface area contributed by atoms with Crippen LogP contribution in [-0.2, 0) is 24.6 Å². The highest BCUT2D eigenvalue weighted by atomic mass is 35.5. The van der Waals surface area contributed by atoms with Gasteiger partial charge in [0.25, 0.3) is 0 Å². The van der Waals surface area contributed by atoms with Crippen LogP contribution in [0.4, 0.5) is 13.2 Å². The van der Waals surface area contributed by atoms with E-state index in [4.69, 9.17) is 11.6 Å². The summed E-state index contributed by atoms with van der Waals surface area (Å²) in [5.74, 6) is -0.468. The smallest absolute Gasteiger partial charge is 0.350 e. The minimum atomic E-state index is -4.67. The van der Waals surface area contributed by atoms with Crippen LogP contribution in [0.3, 0.4) is 0 Å². The van der Waals surface area contributed by atoms with E-state index in [2.05, 4.69) is 15.5 Å². The van der Waals surface area contributed by atoms with Gasteiger partial charge in [0.05, 0.1) is 16.9 Å². The van der Waals surface area contributed by atoms with Gasteiger partial charge in [-0.2, -0.15) is 23.4 Å². The van der Waals surface area contributed by atoms with E-state index in [1.807, 2.05) is 0 Å². The van der Waals surface area contributed by atoms with Gasteiger partial charge in [-0.25, -0.2) is 0 Å². The molecule has 1 N–H and O–H groups in total. The van der Waals surface area contributed by atoms with Gasteiger partial charge in [0, 0.05) is 25.4 Å². The molecule has 2 aromatic heterocycles. The number of nitrogens with zero attached hydrogens (tertiary/aromatic N) is 4. The van der Waals surface area contributed by atoms with E-state index in [-0.39, 0.29) is 12.2 Å². The average Bonchev–Trinajstić information content (AvgIpc) is 3.00. The molecule has 0 saturated heterocycles. The standard InChI is InChI=1S/C13H15ClF3N5O/c1-7-10(14)11(13(15,16)17)20-22(7)8(2)12(23)18-4-9-5-19-21(3)6-9/h5-6,8H,4H2,1-3H3,(H,18,23). The van der Waals surface area contributed by atoms with Gasteiger partial charge in [0.15, 0.2) is 5.69 Å². The van der Waals surface area contributed by atoms with Gasteiger partial charge in [-0.15, -0.1) is 0 Å². The summed E-state index contributed by atoms with van der Waals surface area (Å²) in [7, 11) is 1.74. The fraction of sp³-hybridized carbons (Fsp3) is 0.462. The summed E-state index contributed by atoms with van der Waals surface area (Å²) in [5.41, 5.74) is -0.328. The van der Waals surface area contributed by atoms with Crippen molar-refractivity contribution in [2.24, 2.45) is 7.05 Å². The summed E-state index contributed by atoms with van der Waals surface area (Å²) in [6.07, 6.45) is -1.36. The molecule has 23 heavy (non-hydrogen) atoms. The fourth-order valence-electron chi connectivity index (χ4n) is 2.07. The maximum Gasteiger partial charge on any atom is 0.436 e. The first-order valence-electron chi connectivity index (χ1n) is 6.68. The van der Waals surface area contributed by atoms with E-state index in [1.165, 1.54) is 13.8 Å². The summed E-state index contributed by atoms with van der Waals surface area (Å²) in [6, 6.07) is -0.930. The van der Waals surface area contributed by atoms with Gasteiger partial charge in [0.2, 0.25) is 5.91 Å². The molecule has 0 aliphatic rings. The number of amides is 1. The molecule has 0 radical (unpaired) electrons. The monoisotopic (exact) mass is 349 g/mol. The summed E-state index contributed by atoms with van der Waals surface area (Å²) < 4.78 is 41.0. The maximum absolute atomic E-state index is 12.8. The minimum Gasteiger partial charge on any atom is -0.350 e. The second-order valence-electron chi connectivity index (χ2n) is 5.11. The molecule has 0 bridgehead atoms. The molecular formula is C13H15ClF3N5O. The largest absolute Gasteiger partial charge is 0.436 e. The highest BCUT2D eigenvalue weighted by molar-refractivity contribution is 6.32. The van der Waals surface area contributed by atoms with Crippen molar-refractivity contribution in [2.75, 3.05) is 0 Å². The van der Waals surface area contributed by atoms with Crippen molar-refractivity contribution in [2.45, 2.75) is 32.6 Å². The van der Waals surface area contributed by atoms with Crippen LogP contribution in [0.1, 0.15) is 29.9 Å². The predicted molar refractivity (Wildman–Crippen MR) is 76.7 cm³/mol. The zero-order valence-corrected chi connectivity index (χ0v) is 13.4. The van der Waals surface area contributed by atoms with Crippen molar-refractivity contribution in [1.29, 1.82) is 0 Å². The minimum absolute atomic E-state index is 0.0861. The number of carbonyl (C=O) groups excluding carboxylic acids is 1.